The van der Waals surface area contributed by atoms with Gasteiger partial charge in [-0.2, -0.15) is 9.78 Å². The van der Waals surface area contributed by atoms with Crippen molar-refractivity contribution >= 4 is 39.3 Å². The lowest BCUT2D eigenvalue weighted by Gasteiger charge is -2.02. The van der Waals surface area contributed by atoms with Gasteiger partial charge in [0.25, 0.3) is 5.91 Å². The molecule has 8 nitrogen and oxygen atoms in total. The Labute approximate surface area is 133 Å². The van der Waals surface area contributed by atoms with Gasteiger partial charge in [0.05, 0.1) is 27.2 Å². The summed E-state index contributed by atoms with van der Waals surface area (Å²) in [7, 11) is 0. The summed E-state index contributed by atoms with van der Waals surface area (Å²) >= 11 is 9.09. The molecule has 0 saturated carbocycles. The Morgan fingerprint density at radius 3 is 2.38 bits per heavy atom. The molecule has 0 aliphatic heterocycles. The van der Waals surface area contributed by atoms with Gasteiger partial charge in [-0.3, -0.25) is 4.79 Å². The Balaban J connectivity index is 2.34. The quantitative estimate of drug-likeness (QED) is 0.606. The minimum absolute atomic E-state index is 0.170. The number of aromatic nitrogens is 4. The second-order valence-corrected chi connectivity index (χ2v) is 5.60. The standard InChI is InChI=1S/C11H11BrClN5O3/c1-5-10(13)7(3)17(14-5)8(19)4-16-6(2)9(12)11(15-16)18(20)21/h4H2,1-3H3. The van der Waals surface area contributed by atoms with Crippen molar-refractivity contribution in [1.82, 2.24) is 19.6 Å². The summed E-state index contributed by atoms with van der Waals surface area (Å²) in [5, 5.41) is 19.1. The van der Waals surface area contributed by atoms with Crippen molar-refractivity contribution in [2.24, 2.45) is 0 Å². The van der Waals surface area contributed by atoms with Crippen LogP contribution in [-0.4, -0.2) is 30.4 Å². The lowest BCUT2D eigenvalue weighted by atomic mass is 10.4. The maximum Gasteiger partial charge on any atom is 0.404 e. The van der Waals surface area contributed by atoms with E-state index in [1.54, 1.807) is 20.8 Å². The highest BCUT2D eigenvalue weighted by Gasteiger charge is 2.25. The fourth-order valence-corrected chi connectivity index (χ4v) is 2.39. The van der Waals surface area contributed by atoms with Gasteiger partial charge in [0.2, 0.25) is 0 Å². The number of halogens is 2. The van der Waals surface area contributed by atoms with Crippen molar-refractivity contribution in [1.29, 1.82) is 0 Å². The molecule has 0 bridgehead atoms. The van der Waals surface area contributed by atoms with E-state index in [1.807, 2.05) is 0 Å². The molecular weight excluding hydrogens is 366 g/mol. The summed E-state index contributed by atoms with van der Waals surface area (Å²) in [6.45, 7) is 4.83. The number of hydrogen-bond donors (Lipinski definition) is 0. The van der Waals surface area contributed by atoms with E-state index in [9.17, 15) is 14.9 Å². The zero-order chi connectivity index (χ0) is 15.9. The normalized spacial score (nSPS) is 10.9. The van der Waals surface area contributed by atoms with Crippen LogP contribution in [0.3, 0.4) is 0 Å². The summed E-state index contributed by atoms with van der Waals surface area (Å²) in [6, 6.07) is 0. The molecule has 0 spiro atoms. The van der Waals surface area contributed by atoms with Gasteiger partial charge in [-0.1, -0.05) is 11.6 Å². The number of aryl methyl sites for hydroxylation is 1. The van der Waals surface area contributed by atoms with E-state index in [0.29, 0.717) is 22.1 Å². The maximum atomic E-state index is 12.2. The third kappa shape index (κ3) is 2.70. The first kappa shape index (κ1) is 15.6. The van der Waals surface area contributed by atoms with Crippen LogP contribution >= 0.6 is 27.5 Å². The Bertz CT molecular complexity index is 752. The van der Waals surface area contributed by atoms with Gasteiger partial charge in [0.1, 0.15) is 11.0 Å². The number of nitro groups is 1. The highest BCUT2D eigenvalue weighted by Crippen LogP contribution is 2.27. The van der Waals surface area contributed by atoms with Crippen LogP contribution in [0, 0.1) is 30.9 Å². The fourth-order valence-electron chi connectivity index (χ4n) is 1.84. The summed E-state index contributed by atoms with van der Waals surface area (Å²) in [6.07, 6.45) is 0. The highest BCUT2D eigenvalue weighted by atomic mass is 79.9. The third-order valence-corrected chi connectivity index (χ3v) is 4.49. The minimum Gasteiger partial charge on any atom is -0.358 e. The zero-order valence-corrected chi connectivity index (χ0v) is 13.8. The van der Waals surface area contributed by atoms with Gasteiger partial charge < -0.3 is 10.1 Å². The van der Waals surface area contributed by atoms with Crippen molar-refractivity contribution < 1.29 is 9.72 Å². The first-order chi connectivity index (χ1) is 9.73. The lowest BCUT2D eigenvalue weighted by Crippen LogP contribution is -2.21. The molecule has 21 heavy (non-hydrogen) atoms. The Hall–Kier alpha value is -1.74. The molecule has 0 radical (unpaired) electrons. The average Bonchev–Trinajstić information content (AvgIpc) is 2.84. The highest BCUT2D eigenvalue weighted by molar-refractivity contribution is 9.10. The third-order valence-electron chi connectivity index (χ3n) is 3.01. The van der Waals surface area contributed by atoms with Gasteiger partial charge in [0.15, 0.2) is 0 Å². The molecule has 0 amide bonds. The van der Waals surface area contributed by atoms with E-state index in [-0.39, 0.29) is 22.7 Å². The first-order valence-corrected chi connectivity index (χ1v) is 7.03. The number of nitrogens with zero attached hydrogens (tertiary/aromatic N) is 5. The molecule has 0 N–H and O–H groups in total. The van der Waals surface area contributed by atoms with Crippen molar-refractivity contribution in [2.45, 2.75) is 27.3 Å². The van der Waals surface area contributed by atoms with Crippen LogP contribution in [0.5, 0.6) is 0 Å². The predicted molar refractivity (Wildman–Crippen MR) is 78.7 cm³/mol. The van der Waals surface area contributed by atoms with E-state index < -0.39 is 4.92 Å². The molecule has 2 aromatic heterocycles. The van der Waals surface area contributed by atoms with Gasteiger partial charge in [-0.15, -0.1) is 0 Å². The fraction of sp³-hybridized carbons (Fsp3) is 0.364. The summed E-state index contributed by atoms with van der Waals surface area (Å²) < 4.78 is 2.69. The van der Waals surface area contributed by atoms with Crippen LogP contribution in [0.15, 0.2) is 4.47 Å². The maximum absolute atomic E-state index is 12.2. The summed E-state index contributed by atoms with van der Waals surface area (Å²) in [5.41, 5.74) is 1.56. The lowest BCUT2D eigenvalue weighted by molar-refractivity contribution is -0.390. The van der Waals surface area contributed by atoms with E-state index in [4.69, 9.17) is 11.6 Å². The number of rotatable bonds is 3. The van der Waals surface area contributed by atoms with Crippen LogP contribution in [0.2, 0.25) is 5.02 Å². The van der Waals surface area contributed by atoms with E-state index in [2.05, 4.69) is 26.1 Å². The predicted octanol–water partition coefficient (Wildman–Crippen LogP) is 2.67. The van der Waals surface area contributed by atoms with E-state index in [0.717, 1.165) is 0 Å². The number of carbonyl (C=O) groups is 1. The largest absolute Gasteiger partial charge is 0.404 e. The van der Waals surface area contributed by atoms with Gasteiger partial charge >= 0.3 is 5.82 Å². The van der Waals surface area contributed by atoms with Gasteiger partial charge in [0, 0.05) is 0 Å². The topological polar surface area (TPSA) is 95.8 Å². The molecule has 0 unspecified atom stereocenters. The summed E-state index contributed by atoms with van der Waals surface area (Å²) in [4.78, 5) is 22.5. The minimum atomic E-state index is -0.613. The van der Waals surface area contributed by atoms with Crippen molar-refractivity contribution in [3.63, 3.8) is 0 Å². The van der Waals surface area contributed by atoms with Gasteiger partial charge in [-0.05, 0) is 41.6 Å². The number of carbonyl (C=O) groups excluding carboxylic acids is 1. The van der Waals surface area contributed by atoms with Crippen molar-refractivity contribution in [2.75, 3.05) is 0 Å². The van der Waals surface area contributed by atoms with Crippen LogP contribution in [0.1, 0.15) is 21.9 Å². The molecule has 0 saturated heterocycles. The molecule has 112 valence electrons. The Morgan fingerprint density at radius 2 is 1.95 bits per heavy atom. The molecule has 0 aliphatic rings. The van der Waals surface area contributed by atoms with E-state index >= 15 is 0 Å². The molecule has 2 aromatic rings. The second kappa shape index (κ2) is 5.57. The summed E-state index contributed by atoms with van der Waals surface area (Å²) in [5.74, 6) is -0.706. The van der Waals surface area contributed by atoms with Crippen LogP contribution in [-0.2, 0) is 6.54 Å². The molecule has 0 aromatic carbocycles. The smallest absolute Gasteiger partial charge is 0.358 e. The van der Waals surface area contributed by atoms with Gasteiger partial charge in [-0.25, -0.2) is 4.68 Å². The second-order valence-electron chi connectivity index (χ2n) is 4.43. The van der Waals surface area contributed by atoms with Crippen molar-refractivity contribution in [3.05, 3.63) is 36.7 Å². The zero-order valence-electron chi connectivity index (χ0n) is 11.4. The molecule has 0 atom stereocenters. The number of hydrogen-bond acceptors (Lipinski definition) is 5. The van der Waals surface area contributed by atoms with Crippen LogP contribution < -0.4 is 0 Å². The Kier molecular flexibility index (Phi) is 4.15. The Morgan fingerprint density at radius 1 is 1.33 bits per heavy atom. The molecule has 2 heterocycles. The average molecular weight is 377 g/mol. The molecular formula is C11H11BrClN5O3. The van der Waals surface area contributed by atoms with Crippen LogP contribution in [0.4, 0.5) is 5.82 Å². The SMILES string of the molecule is Cc1nn(C(=O)Cn2nc([N+](=O)[O-])c(Br)c2C)c(C)c1Cl. The molecule has 0 aliphatic carbocycles. The van der Waals surface area contributed by atoms with E-state index in [1.165, 1.54) is 9.36 Å². The first-order valence-electron chi connectivity index (χ1n) is 5.86. The monoisotopic (exact) mass is 375 g/mol. The molecule has 2 rings (SSSR count). The van der Waals surface area contributed by atoms with Crippen LogP contribution in [0.25, 0.3) is 0 Å². The molecule has 0 fully saturated rings. The van der Waals surface area contributed by atoms with Crippen molar-refractivity contribution in [3.8, 4) is 0 Å². The molecule has 10 heteroatoms.